The summed E-state index contributed by atoms with van der Waals surface area (Å²) in [7, 11) is 0. The molecule has 0 fully saturated rings. The van der Waals surface area contributed by atoms with E-state index in [1.165, 1.54) is 0 Å². The third kappa shape index (κ3) is 3.89. The van der Waals surface area contributed by atoms with Gasteiger partial charge in [0.1, 0.15) is 11.8 Å². The molecule has 8 heteroatoms. The number of aromatic nitrogens is 1. The van der Waals surface area contributed by atoms with Crippen LogP contribution in [0.4, 0.5) is 13.2 Å². The second-order valence-electron chi connectivity index (χ2n) is 8.94. The van der Waals surface area contributed by atoms with Crippen LogP contribution in [0.2, 0.25) is 0 Å². The Labute approximate surface area is 192 Å². The van der Waals surface area contributed by atoms with Crippen molar-refractivity contribution in [2.45, 2.75) is 50.3 Å². The van der Waals surface area contributed by atoms with Crippen molar-refractivity contribution in [3.05, 3.63) is 63.3 Å². The lowest BCUT2D eigenvalue weighted by atomic mass is 9.72. The topological polar surface area (TPSA) is 69.0 Å². The van der Waals surface area contributed by atoms with E-state index in [1.54, 1.807) is 44.2 Å². The number of fused-ring (bicyclic) bond motifs is 2. The zero-order valence-corrected chi connectivity index (χ0v) is 19.2. The van der Waals surface area contributed by atoms with Crippen LogP contribution in [-0.4, -0.2) is 28.5 Å². The Morgan fingerprint density at radius 3 is 2.62 bits per heavy atom. The first kappa shape index (κ1) is 22.7. The summed E-state index contributed by atoms with van der Waals surface area (Å²) in [5, 5.41) is 21.2. The lowest BCUT2D eigenvalue weighted by Gasteiger charge is -2.38. The van der Waals surface area contributed by atoms with Gasteiger partial charge in [-0.2, -0.15) is 18.4 Å². The molecule has 0 spiro atoms. The number of hydrogen-bond acceptors (Lipinski definition) is 3. The molecule has 3 aromatic rings. The predicted molar refractivity (Wildman–Crippen MR) is 119 cm³/mol. The fourth-order valence-corrected chi connectivity index (χ4v) is 5.12. The highest BCUT2D eigenvalue weighted by atomic mass is 79.9. The Balaban J connectivity index is 1.76. The molecular weight excluding hydrogens is 485 g/mol. The molecule has 2 aromatic carbocycles. The minimum Gasteiger partial charge on any atom is -0.493 e. The normalized spacial score (nSPS) is 15.8. The predicted octanol–water partition coefficient (Wildman–Crippen LogP) is 5.94. The standard InChI is InChI=1S/C24H22BrF3N2O2/c1-22(2,18-10-15(25)9-14-7-8-32-21(14)18)13-23(31,24(26,27)28)11-20-17(12-29)16-5-3-4-6-19(16)30-20/h3-6,9-10,30-31H,7-8,11,13H2,1-2H3. The highest BCUT2D eigenvalue weighted by Gasteiger charge is 2.56. The Morgan fingerprint density at radius 2 is 1.94 bits per heavy atom. The summed E-state index contributed by atoms with van der Waals surface area (Å²) >= 11 is 3.44. The van der Waals surface area contributed by atoms with Gasteiger partial charge in [-0.15, -0.1) is 0 Å². The Hall–Kier alpha value is -2.50. The van der Waals surface area contributed by atoms with Crippen molar-refractivity contribution in [3.8, 4) is 11.8 Å². The SMILES string of the molecule is CC(C)(CC(O)(Cc1[nH]c2ccccc2c1C#N)C(F)(F)F)c1cc(Br)cc2c1OCC2. The number of para-hydroxylation sites is 1. The lowest BCUT2D eigenvalue weighted by Crippen LogP contribution is -2.51. The third-order valence-corrected chi connectivity index (χ3v) is 6.56. The van der Waals surface area contributed by atoms with Crippen molar-refractivity contribution in [1.82, 2.24) is 4.98 Å². The fourth-order valence-electron chi connectivity index (χ4n) is 4.61. The molecule has 0 saturated carbocycles. The van der Waals surface area contributed by atoms with E-state index in [4.69, 9.17) is 4.74 Å². The molecule has 1 aliphatic rings. The molecular formula is C24H22BrF3N2O2. The molecule has 2 N–H and O–H groups in total. The number of hydrogen-bond donors (Lipinski definition) is 2. The van der Waals surface area contributed by atoms with E-state index < -0.39 is 30.0 Å². The summed E-state index contributed by atoms with van der Waals surface area (Å²) in [6.07, 6.45) is -5.59. The van der Waals surface area contributed by atoms with Gasteiger partial charge in [-0.3, -0.25) is 0 Å². The van der Waals surface area contributed by atoms with Gasteiger partial charge in [0.2, 0.25) is 0 Å². The van der Waals surface area contributed by atoms with Crippen LogP contribution in [0, 0.1) is 11.3 Å². The number of nitrogens with zero attached hydrogens (tertiary/aromatic N) is 1. The quantitative estimate of drug-likeness (QED) is 0.449. The van der Waals surface area contributed by atoms with Crippen molar-refractivity contribution in [2.75, 3.05) is 6.61 Å². The highest BCUT2D eigenvalue weighted by Crippen LogP contribution is 2.47. The number of nitrogens with one attached hydrogen (secondary N) is 1. The molecule has 0 bridgehead atoms. The second-order valence-corrected chi connectivity index (χ2v) is 9.86. The maximum Gasteiger partial charge on any atom is 0.417 e. The minimum absolute atomic E-state index is 0.0695. The van der Waals surface area contributed by atoms with Gasteiger partial charge in [0.05, 0.1) is 12.2 Å². The van der Waals surface area contributed by atoms with Crippen LogP contribution in [0.3, 0.4) is 0 Å². The largest absolute Gasteiger partial charge is 0.493 e. The summed E-state index contributed by atoms with van der Waals surface area (Å²) in [6.45, 7) is 3.81. The van der Waals surface area contributed by atoms with Crippen LogP contribution < -0.4 is 4.74 Å². The minimum atomic E-state index is -4.91. The molecule has 0 radical (unpaired) electrons. The molecule has 0 amide bonds. The van der Waals surface area contributed by atoms with Gasteiger partial charge in [0.15, 0.2) is 5.60 Å². The molecule has 1 aliphatic heterocycles. The third-order valence-electron chi connectivity index (χ3n) is 6.10. The number of aromatic amines is 1. The van der Waals surface area contributed by atoms with Crippen LogP contribution >= 0.6 is 15.9 Å². The number of halogens is 4. The molecule has 1 atom stereocenters. The van der Waals surface area contributed by atoms with Crippen LogP contribution in [-0.2, 0) is 18.3 Å². The van der Waals surface area contributed by atoms with Crippen molar-refractivity contribution < 1.29 is 23.0 Å². The molecule has 0 aliphatic carbocycles. The fraction of sp³-hybridized carbons (Fsp3) is 0.375. The van der Waals surface area contributed by atoms with Gasteiger partial charge in [-0.05, 0) is 35.6 Å². The van der Waals surface area contributed by atoms with Crippen LogP contribution in [0.1, 0.15) is 42.7 Å². The van der Waals surface area contributed by atoms with Crippen molar-refractivity contribution in [2.24, 2.45) is 0 Å². The van der Waals surface area contributed by atoms with Gasteiger partial charge in [-0.25, -0.2) is 0 Å². The van der Waals surface area contributed by atoms with E-state index in [0.29, 0.717) is 35.2 Å². The van der Waals surface area contributed by atoms with Crippen LogP contribution in [0.15, 0.2) is 40.9 Å². The number of H-pyrrole nitrogens is 1. The summed E-state index contributed by atoms with van der Waals surface area (Å²) in [5.41, 5.74) is -1.84. The van der Waals surface area contributed by atoms with E-state index in [9.17, 15) is 23.5 Å². The zero-order chi connectivity index (χ0) is 23.3. The van der Waals surface area contributed by atoms with E-state index in [0.717, 1.165) is 10.0 Å². The summed E-state index contributed by atoms with van der Waals surface area (Å²) in [4.78, 5) is 2.90. The number of rotatable bonds is 5. The number of alkyl halides is 3. The molecule has 1 aromatic heterocycles. The smallest absolute Gasteiger partial charge is 0.417 e. The van der Waals surface area contributed by atoms with Crippen LogP contribution in [0.25, 0.3) is 10.9 Å². The van der Waals surface area contributed by atoms with Crippen molar-refractivity contribution >= 4 is 26.8 Å². The molecule has 1 unspecified atom stereocenters. The van der Waals surface area contributed by atoms with Gasteiger partial charge < -0.3 is 14.8 Å². The number of aliphatic hydroxyl groups is 1. The van der Waals surface area contributed by atoms with E-state index >= 15 is 0 Å². The number of nitriles is 1. The highest BCUT2D eigenvalue weighted by molar-refractivity contribution is 9.10. The van der Waals surface area contributed by atoms with Gasteiger partial charge in [-0.1, -0.05) is 48.0 Å². The van der Waals surface area contributed by atoms with Gasteiger partial charge in [0, 0.05) is 39.5 Å². The lowest BCUT2D eigenvalue weighted by molar-refractivity contribution is -0.266. The monoisotopic (exact) mass is 506 g/mol. The van der Waals surface area contributed by atoms with E-state index in [2.05, 4.69) is 20.9 Å². The summed E-state index contributed by atoms with van der Waals surface area (Å²) in [6, 6.07) is 12.5. The number of benzene rings is 2. The molecule has 0 saturated heterocycles. The maximum atomic E-state index is 14.3. The Bertz CT molecular complexity index is 1230. The number of ether oxygens (including phenoxy) is 1. The maximum absolute atomic E-state index is 14.3. The first-order valence-corrected chi connectivity index (χ1v) is 11.0. The van der Waals surface area contributed by atoms with Crippen LogP contribution in [0.5, 0.6) is 5.75 Å². The average Bonchev–Trinajstić information content (AvgIpc) is 3.29. The first-order valence-electron chi connectivity index (χ1n) is 10.2. The van der Waals surface area contributed by atoms with Gasteiger partial charge >= 0.3 is 6.18 Å². The van der Waals surface area contributed by atoms with E-state index in [-0.39, 0.29) is 11.3 Å². The molecule has 32 heavy (non-hydrogen) atoms. The van der Waals surface area contributed by atoms with Crippen molar-refractivity contribution in [1.29, 1.82) is 5.26 Å². The summed E-state index contributed by atoms with van der Waals surface area (Å²) in [5.74, 6) is 0.589. The van der Waals surface area contributed by atoms with E-state index in [1.807, 2.05) is 12.1 Å². The second kappa shape index (κ2) is 7.82. The van der Waals surface area contributed by atoms with Gasteiger partial charge in [0.25, 0.3) is 0 Å². The average molecular weight is 507 g/mol. The first-order chi connectivity index (χ1) is 14.9. The molecule has 4 nitrogen and oxygen atoms in total. The van der Waals surface area contributed by atoms with Crippen molar-refractivity contribution in [3.63, 3.8) is 0 Å². The zero-order valence-electron chi connectivity index (χ0n) is 17.6. The summed E-state index contributed by atoms with van der Waals surface area (Å²) < 4.78 is 49.4. The molecule has 2 heterocycles. The molecule has 168 valence electrons. The Kier molecular flexibility index (Phi) is 5.54. The Morgan fingerprint density at radius 1 is 1.22 bits per heavy atom. The molecule has 4 rings (SSSR count).